The smallest absolute Gasteiger partial charge is 0.410 e. The molecule has 5 rings (SSSR count). The van der Waals surface area contributed by atoms with Crippen LogP contribution in [-0.2, 0) is 4.74 Å². The van der Waals surface area contributed by atoms with Crippen LogP contribution in [0.4, 0.5) is 14.9 Å². The standard InChI is InChI=1S/C28H32FN7O4/c1-28(2,39)25(29)16-32-26(37)21-15-31-23(24-8-7-20-11-17(13-30)14-33-36(20)24)12-22(21)34-18-3-5-19(6-4-18)35-9-10-40-27(35)38/h7-8,11-12,14-15,18-19,25,39H,3-6,9-10,16H2,1-2H3,(H,31,34)(H,32,37)/t18?,19?,25-/m1/s1. The maximum absolute atomic E-state index is 14.3. The minimum absolute atomic E-state index is 0.0438. The van der Waals surface area contributed by atoms with Gasteiger partial charge < -0.3 is 25.4 Å². The Balaban J connectivity index is 1.39. The Kier molecular flexibility index (Phi) is 7.58. The molecule has 2 fully saturated rings. The quantitative estimate of drug-likeness (QED) is 0.388. The molecule has 0 spiro atoms. The van der Waals surface area contributed by atoms with Gasteiger partial charge in [-0.15, -0.1) is 0 Å². The van der Waals surface area contributed by atoms with Crippen LogP contribution in [0.5, 0.6) is 0 Å². The van der Waals surface area contributed by atoms with E-state index in [0.717, 1.165) is 31.2 Å². The highest BCUT2D eigenvalue weighted by molar-refractivity contribution is 6.00. The minimum atomic E-state index is -1.65. The molecular weight excluding hydrogens is 517 g/mol. The number of hydrogen-bond acceptors (Lipinski definition) is 8. The van der Waals surface area contributed by atoms with Crippen molar-refractivity contribution >= 4 is 23.2 Å². The normalized spacial score (nSPS) is 20.2. The number of carbonyl (C=O) groups is 2. The molecule has 3 N–H and O–H groups in total. The Bertz CT molecular complexity index is 1450. The van der Waals surface area contributed by atoms with Gasteiger partial charge in [-0.05, 0) is 63.8 Å². The predicted octanol–water partition coefficient (Wildman–Crippen LogP) is 3.28. The van der Waals surface area contributed by atoms with Crippen molar-refractivity contribution in [2.24, 2.45) is 0 Å². The lowest BCUT2D eigenvalue weighted by Crippen LogP contribution is -2.42. The fraction of sp³-hybridized carbons (Fsp3) is 0.464. The summed E-state index contributed by atoms with van der Waals surface area (Å²) in [5.74, 6) is -0.515. The van der Waals surface area contributed by atoms with Crippen molar-refractivity contribution in [2.45, 2.75) is 63.4 Å². The Hall–Kier alpha value is -4.24. The zero-order chi connectivity index (χ0) is 28.4. The zero-order valence-corrected chi connectivity index (χ0v) is 22.4. The zero-order valence-electron chi connectivity index (χ0n) is 22.4. The third-order valence-electron chi connectivity index (χ3n) is 7.54. The summed E-state index contributed by atoms with van der Waals surface area (Å²) in [6.07, 6.45) is 4.17. The van der Waals surface area contributed by atoms with Gasteiger partial charge >= 0.3 is 6.09 Å². The fourth-order valence-electron chi connectivity index (χ4n) is 5.17. The average Bonchev–Trinajstić information content (AvgIpc) is 3.57. The van der Waals surface area contributed by atoms with E-state index in [2.05, 4.69) is 26.8 Å². The van der Waals surface area contributed by atoms with E-state index in [1.165, 1.54) is 26.2 Å². The highest BCUT2D eigenvalue weighted by atomic mass is 19.1. The van der Waals surface area contributed by atoms with Crippen LogP contribution in [0.3, 0.4) is 0 Å². The number of rotatable bonds is 8. The van der Waals surface area contributed by atoms with Gasteiger partial charge in [-0.3, -0.25) is 9.78 Å². The van der Waals surface area contributed by atoms with Gasteiger partial charge in [0.25, 0.3) is 5.91 Å². The molecule has 1 saturated carbocycles. The second kappa shape index (κ2) is 11.1. The monoisotopic (exact) mass is 549 g/mol. The lowest BCUT2D eigenvalue weighted by atomic mass is 9.90. The molecule has 0 unspecified atom stereocenters. The molecule has 0 radical (unpaired) electrons. The molecular formula is C28H32FN7O4. The van der Waals surface area contributed by atoms with E-state index in [1.807, 2.05) is 12.1 Å². The number of carbonyl (C=O) groups excluding carboxylic acids is 2. The number of aliphatic hydroxyl groups is 1. The predicted molar refractivity (Wildman–Crippen MR) is 144 cm³/mol. The number of anilines is 1. The molecule has 1 aliphatic heterocycles. The SMILES string of the molecule is CC(C)(O)[C@H](F)CNC(=O)c1cnc(-c2ccc3cc(C#N)cnn23)cc1NC1CCC(N2CCOC2=O)CC1. The van der Waals surface area contributed by atoms with E-state index in [-0.39, 0.29) is 30.3 Å². The number of nitrogens with zero attached hydrogens (tertiary/aromatic N) is 5. The number of nitrogens with one attached hydrogen (secondary N) is 2. The lowest BCUT2D eigenvalue weighted by molar-refractivity contribution is -0.00177. The number of hydrogen-bond donors (Lipinski definition) is 3. The maximum Gasteiger partial charge on any atom is 0.410 e. The second-order valence-electron chi connectivity index (χ2n) is 10.8. The second-order valence-corrected chi connectivity index (χ2v) is 10.8. The van der Waals surface area contributed by atoms with Crippen LogP contribution in [-0.4, -0.2) is 80.2 Å². The summed E-state index contributed by atoms with van der Waals surface area (Å²) in [6.45, 7) is 3.37. The lowest BCUT2D eigenvalue weighted by Gasteiger charge is -2.34. The van der Waals surface area contributed by atoms with Crippen molar-refractivity contribution < 1.29 is 23.8 Å². The summed E-state index contributed by atoms with van der Waals surface area (Å²) >= 11 is 0. The molecule has 3 aromatic heterocycles. The number of aromatic nitrogens is 3. The Morgan fingerprint density at radius 3 is 2.73 bits per heavy atom. The molecule has 2 amide bonds. The summed E-state index contributed by atoms with van der Waals surface area (Å²) in [5, 5.41) is 29.5. The van der Waals surface area contributed by atoms with Gasteiger partial charge in [0.05, 0.1) is 58.6 Å². The molecule has 3 aromatic rings. The average molecular weight is 550 g/mol. The molecule has 1 saturated heterocycles. The number of halogens is 1. The van der Waals surface area contributed by atoms with E-state index in [9.17, 15) is 24.3 Å². The number of alkyl halides is 1. The molecule has 1 atom stereocenters. The van der Waals surface area contributed by atoms with Gasteiger partial charge in [-0.25, -0.2) is 13.7 Å². The molecule has 2 aliphatic rings. The van der Waals surface area contributed by atoms with Crippen molar-refractivity contribution in [2.75, 3.05) is 25.0 Å². The van der Waals surface area contributed by atoms with Crippen LogP contribution < -0.4 is 10.6 Å². The molecule has 210 valence electrons. The van der Waals surface area contributed by atoms with Crippen LogP contribution in [0.25, 0.3) is 16.9 Å². The van der Waals surface area contributed by atoms with Crippen LogP contribution in [0.1, 0.15) is 55.5 Å². The molecule has 4 heterocycles. The number of fused-ring (bicyclic) bond motifs is 1. The summed E-state index contributed by atoms with van der Waals surface area (Å²) in [4.78, 5) is 31.4. The van der Waals surface area contributed by atoms with Crippen molar-refractivity contribution in [1.29, 1.82) is 5.26 Å². The summed E-state index contributed by atoms with van der Waals surface area (Å²) < 4.78 is 21.1. The Morgan fingerprint density at radius 1 is 1.27 bits per heavy atom. The minimum Gasteiger partial charge on any atom is -0.448 e. The van der Waals surface area contributed by atoms with E-state index >= 15 is 0 Å². The Morgan fingerprint density at radius 2 is 2.05 bits per heavy atom. The van der Waals surface area contributed by atoms with Gasteiger partial charge in [0.2, 0.25) is 0 Å². The largest absolute Gasteiger partial charge is 0.448 e. The highest BCUT2D eigenvalue weighted by Gasteiger charge is 2.33. The van der Waals surface area contributed by atoms with Crippen molar-refractivity contribution in [3.63, 3.8) is 0 Å². The first-order chi connectivity index (χ1) is 19.1. The topological polar surface area (TPSA) is 145 Å². The van der Waals surface area contributed by atoms with Gasteiger partial charge in [-0.1, -0.05) is 0 Å². The molecule has 0 aromatic carbocycles. The van der Waals surface area contributed by atoms with Gasteiger partial charge in [-0.2, -0.15) is 10.4 Å². The fourth-order valence-corrected chi connectivity index (χ4v) is 5.17. The number of cyclic esters (lactones) is 1. The van der Waals surface area contributed by atoms with E-state index < -0.39 is 17.7 Å². The van der Waals surface area contributed by atoms with Crippen LogP contribution in [0.15, 0.2) is 36.7 Å². The van der Waals surface area contributed by atoms with Crippen molar-refractivity contribution in [1.82, 2.24) is 24.8 Å². The first-order valence-electron chi connectivity index (χ1n) is 13.4. The molecule has 11 nitrogen and oxygen atoms in total. The highest BCUT2D eigenvalue weighted by Crippen LogP contribution is 2.30. The van der Waals surface area contributed by atoms with Crippen molar-refractivity contribution in [3.05, 3.63) is 47.8 Å². The van der Waals surface area contributed by atoms with E-state index in [4.69, 9.17) is 4.74 Å². The van der Waals surface area contributed by atoms with Gasteiger partial charge in [0.1, 0.15) is 18.8 Å². The number of nitriles is 1. The van der Waals surface area contributed by atoms with Crippen LogP contribution in [0, 0.1) is 11.3 Å². The number of amides is 2. The summed E-state index contributed by atoms with van der Waals surface area (Å²) in [7, 11) is 0. The van der Waals surface area contributed by atoms with E-state index in [0.29, 0.717) is 35.8 Å². The molecule has 40 heavy (non-hydrogen) atoms. The maximum atomic E-state index is 14.3. The van der Waals surface area contributed by atoms with Crippen LogP contribution in [0.2, 0.25) is 0 Å². The number of pyridine rings is 1. The molecule has 1 aliphatic carbocycles. The molecule has 0 bridgehead atoms. The van der Waals surface area contributed by atoms with Gasteiger partial charge in [0.15, 0.2) is 0 Å². The summed E-state index contributed by atoms with van der Waals surface area (Å²) in [5.41, 5.74) is 1.60. The number of ether oxygens (including phenoxy) is 1. The third kappa shape index (κ3) is 5.70. The summed E-state index contributed by atoms with van der Waals surface area (Å²) in [6, 6.07) is 9.42. The van der Waals surface area contributed by atoms with Gasteiger partial charge in [0, 0.05) is 18.3 Å². The van der Waals surface area contributed by atoms with Crippen LogP contribution >= 0.6 is 0 Å². The Labute approximate surface area is 230 Å². The molecule has 12 heteroatoms. The first-order valence-corrected chi connectivity index (χ1v) is 13.4. The third-order valence-corrected chi connectivity index (χ3v) is 7.54. The van der Waals surface area contributed by atoms with Crippen molar-refractivity contribution in [3.8, 4) is 17.5 Å². The first kappa shape index (κ1) is 27.3. The van der Waals surface area contributed by atoms with E-state index in [1.54, 1.807) is 21.5 Å².